The van der Waals surface area contributed by atoms with Crippen LogP contribution in [0.4, 0.5) is 0 Å². The quantitative estimate of drug-likeness (QED) is 0.767. The van der Waals surface area contributed by atoms with Crippen LogP contribution in [0.15, 0.2) is 24.4 Å². The minimum Gasteiger partial charge on any atom is -0.480 e. The Bertz CT molecular complexity index is 575. The van der Waals surface area contributed by atoms with Crippen LogP contribution in [-0.4, -0.2) is 27.7 Å². The van der Waals surface area contributed by atoms with E-state index in [1.165, 1.54) is 7.11 Å². The fourth-order valence-corrected chi connectivity index (χ4v) is 1.86. The molecule has 5 heteroatoms. The minimum absolute atomic E-state index is 0.0250. The van der Waals surface area contributed by atoms with Gasteiger partial charge in [0.2, 0.25) is 5.88 Å². The topological polar surface area (TPSA) is 57.0 Å². The number of aryl methyl sites for hydroxylation is 2. The number of ether oxygens (including phenoxy) is 1. The average Bonchev–Trinajstić information content (AvgIpc) is 2.67. The van der Waals surface area contributed by atoms with Gasteiger partial charge in [-0.25, -0.2) is 4.98 Å². The van der Waals surface area contributed by atoms with E-state index in [1.54, 1.807) is 23.0 Å². The van der Waals surface area contributed by atoms with Crippen LogP contribution in [0.25, 0.3) is 0 Å². The van der Waals surface area contributed by atoms with Crippen LogP contribution in [-0.2, 0) is 13.5 Å². The van der Waals surface area contributed by atoms with Crippen molar-refractivity contribution in [2.75, 3.05) is 7.11 Å². The fourth-order valence-electron chi connectivity index (χ4n) is 1.86. The predicted molar refractivity (Wildman–Crippen MR) is 66.8 cm³/mol. The van der Waals surface area contributed by atoms with Gasteiger partial charge >= 0.3 is 0 Å². The number of carbonyl (C=O) groups is 1. The third kappa shape index (κ3) is 2.40. The molecule has 0 aliphatic carbocycles. The highest BCUT2D eigenvalue weighted by Crippen LogP contribution is 2.16. The van der Waals surface area contributed by atoms with Crippen molar-refractivity contribution in [1.82, 2.24) is 14.8 Å². The second-order valence-corrected chi connectivity index (χ2v) is 4.06. The van der Waals surface area contributed by atoms with E-state index in [1.807, 2.05) is 20.0 Å². The Morgan fingerprint density at radius 3 is 2.89 bits per heavy atom. The van der Waals surface area contributed by atoms with E-state index in [-0.39, 0.29) is 5.78 Å². The molecule has 2 aromatic rings. The van der Waals surface area contributed by atoms with Crippen molar-refractivity contribution < 1.29 is 9.53 Å². The summed E-state index contributed by atoms with van der Waals surface area (Å²) in [6.07, 6.45) is 1.89. The van der Waals surface area contributed by atoms with Crippen molar-refractivity contribution in [2.45, 2.75) is 13.3 Å². The summed E-state index contributed by atoms with van der Waals surface area (Å²) in [7, 11) is 3.34. The van der Waals surface area contributed by atoms with Crippen molar-refractivity contribution in [3.05, 3.63) is 41.3 Å². The second kappa shape index (κ2) is 5.00. The highest BCUT2D eigenvalue weighted by molar-refractivity contribution is 5.99. The number of Topliss-reactive ketones (excluding diaryl/α,β-unsaturated/α-hetero) is 1. The Hall–Kier alpha value is -2.17. The molecule has 0 unspecified atom stereocenters. The molecule has 0 aromatic carbocycles. The molecular formula is C13H15N3O2. The summed E-state index contributed by atoms with van der Waals surface area (Å²) >= 11 is 0. The first kappa shape index (κ1) is 12.3. The zero-order chi connectivity index (χ0) is 13.1. The van der Waals surface area contributed by atoms with Crippen LogP contribution < -0.4 is 4.74 Å². The first-order valence-corrected chi connectivity index (χ1v) is 5.63. The number of nitrogens with zero attached hydrogens (tertiary/aromatic N) is 3. The Kier molecular flexibility index (Phi) is 3.41. The van der Waals surface area contributed by atoms with Gasteiger partial charge < -0.3 is 4.74 Å². The lowest BCUT2D eigenvalue weighted by molar-refractivity contribution is 0.0987. The summed E-state index contributed by atoms with van der Waals surface area (Å²) in [5.41, 5.74) is 2.28. The lowest BCUT2D eigenvalue weighted by Crippen LogP contribution is -2.09. The van der Waals surface area contributed by atoms with Gasteiger partial charge in [-0.3, -0.25) is 9.48 Å². The SMILES string of the molecule is COc1ncccc1C(=O)Cc1cc(C)nn1C. The van der Waals surface area contributed by atoms with Gasteiger partial charge in [-0.1, -0.05) is 0 Å². The number of hydrogen-bond acceptors (Lipinski definition) is 4. The van der Waals surface area contributed by atoms with Crippen molar-refractivity contribution in [3.8, 4) is 5.88 Å². The molecule has 2 heterocycles. The molecule has 0 radical (unpaired) electrons. The van der Waals surface area contributed by atoms with Gasteiger partial charge in [0.15, 0.2) is 5.78 Å². The molecule has 0 atom stereocenters. The van der Waals surface area contributed by atoms with Crippen LogP contribution in [0.2, 0.25) is 0 Å². The summed E-state index contributed by atoms with van der Waals surface area (Å²) in [6, 6.07) is 5.35. The smallest absolute Gasteiger partial charge is 0.224 e. The maximum absolute atomic E-state index is 12.2. The Morgan fingerprint density at radius 1 is 1.50 bits per heavy atom. The van der Waals surface area contributed by atoms with Gasteiger partial charge in [0.05, 0.1) is 24.8 Å². The first-order valence-electron chi connectivity index (χ1n) is 5.63. The van der Waals surface area contributed by atoms with Crippen molar-refractivity contribution in [2.24, 2.45) is 7.05 Å². The number of pyridine rings is 1. The number of hydrogen-bond donors (Lipinski definition) is 0. The van der Waals surface area contributed by atoms with Crippen molar-refractivity contribution >= 4 is 5.78 Å². The maximum Gasteiger partial charge on any atom is 0.224 e. The predicted octanol–water partition coefficient (Wildman–Crippen LogP) is 1.56. The standard InChI is InChI=1S/C13H15N3O2/c1-9-7-10(16(2)15-9)8-12(17)11-5-4-6-14-13(11)18-3/h4-7H,8H2,1-3H3. The second-order valence-electron chi connectivity index (χ2n) is 4.06. The zero-order valence-corrected chi connectivity index (χ0v) is 10.7. The molecule has 0 saturated heterocycles. The third-order valence-corrected chi connectivity index (χ3v) is 2.71. The van der Waals surface area contributed by atoms with Crippen molar-refractivity contribution in [1.29, 1.82) is 0 Å². The molecule has 94 valence electrons. The molecular weight excluding hydrogens is 230 g/mol. The van der Waals surface area contributed by atoms with Crippen LogP contribution in [0.3, 0.4) is 0 Å². The molecule has 5 nitrogen and oxygen atoms in total. The number of rotatable bonds is 4. The van der Waals surface area contributed by atoms with Gasteiger partial charge in [-0.2, -0.15) is 5.10 Å². The maximum atomic E-state index is 12.2. The lowest BCUT2D eigenvalue weighted by Gasteiger charge is -2.06. The van der Waals surface area contributed by atoms with E-state index in [9.17, 15) is 4.79 Å². The molecule has 0 amide bonds. The highest BCUT2D eigenvalue weighted by Gasteiger charge is 2.15. The monoisotopic (exact) mass is 245 g/mol. The van der Waals surface area contributed by atoms with Gasteiger partial charge in [-0.15, -0.1) is 0 Å². The number of carbonyl (C=O) groups excluding carboxylic acids is 1. The molecule has 2 aromatic heterocycles. The van der Waals surface area contributed by atoms with E-state index in [0.717, 1.165) is 11.4 Å². The Morgan fingerprint density at radius 2 is 2.28 bits per heavy atom. The van der Waals surface area contributed by atoms with E-state index >= 15 is 0 Å². The fraction of sp³-hybridized carbons (Fsp3) is 0.308. The van der Waals surface area contributed by atoms with E-state index in [0.29, 0.717) is 17.9 Å². The number of ketones is 1. The Balaban J connectivity index is 2.24. The summed E-state index contributed by atoms with van der Waals surface area (Å²) < 4.78 is 6.80. The van der Waals surface area contributed by atoms with Gasteiger partial charge in [0.1, 0.15) is 0 Å². The molecule has 0 aliphatic heterocycles. The molecule has 0 N–H and O–H groups in total. The molecule has 18 heavy (non-hydrogen) atoms. The molecule has 0 spiro atoms. The van der Waals surface area contributed by atoms with Crippen LogP contribution in [0.5, 0.6) is 5.88 Å². The van der Waals surface area contributed by atoms with Crippen molar-refractivity contribution in [3.63, 3.8) is 0 Å². The normalized spacial score (nSPS) is 10.4. The van der Waals surface area contributed by atoms with Crippen LogP contribution >= 0.6 is 0 Å². The largest absolute Gasteiger partial charge is 0.480 e. The van der Waals surface area contributed by atoms with Gasteiger partial charge in [0, 0.05) is 18.9 Å². The summed E-state index contributed by atoms with van der Waals surface area (Å²) in [5, 5.41) is 4.22. The highest BCUT2D eigenvalue weighted by atomic mass is 16.5. The molecule has 0 bridgehead atoms. The lowest BCUT2D eigenvalue weighted by atomic mass is 10.1. The average molecular weight is 245 g/mol. The summed E-state index contributed by atoms with van der Waals surface area (Å²) in [6.45, 7) is 1.90. The molecule has 0 fully saturated rings. The third-order valence-electron chi connectivity index (χ3n) is 2.71. The number of methoxy groups -OCH3 is 1. The first-order chi connectivity index (χ1) is 8.61. The van der Waals surface area contributed by atoms with E-state index in [4.69, 9.17) is 4.74 Å². The van der Waals surface area contributed by atoms with Crippen LogP contribution in [0, 0.1) is 6.92 Å². The van der Waals surface area contributed by atoms with Gasteiger partial charge in [0.25, 0.3) is 0 Å². The summed E-state index contributed by atoms with van der Waals surface area (Å²) in [5.74, 6) is 0.337. The zero-order valence-electron chi connectivity index (χ0n) is 10.7. The minimum atomic E-state index is -0.0250. The van der Waals surface area contributed by atoms with E-state index < -0.39 is 0 Å². The Labute approximate surface area is 105 Å². The van der Waals surface area contributed by atoms with Gasteiger partial charge in [-0.05, 0) is 25.1 Å². The number of aromatic nitrogens is 3. The summed E-state index contributed by atoms with van der Waals surface area (Å²) in [4.78, 5) is 16.2. The molecule has 0 aliphatic rings. The van der Waals surface area contributed by atoms with Crippen LogP contribution in [0.1, 0.15) is 21.7 Å². The van der Waals surface area contributed by atoms with E-state index in [2.05, 4.69) is 10.1 Å². The molecule has 2 rings (SSSR count). The molecule has 0 saturated carbocycles.